The van der Waals surface area contributed by atoms with Crippen LogP contribution in [0.3, 0.4) is 0 Å². The summed E-state index contributed by atoms with van der Waals surface area (Å²) in [7, 11) is 0. The third-order valence-electron chi connectivity index (χ3n) is 2.27. The van der Waals surface area contributed by atoms with Crippen LogP contribution in [0.1, 0.15) is 5.69 Å². The monoisotopic (exact) mass is 249 g/mol. The zero-order chi connectivity index (χ0) is 12.1. The summed E-state index contributed by atoms with van der Waals surface area (Å²) in [6, 6.07) is 8.60. The molecule has 4 nitrogen and oxygen atoms in total. The minimum Gasteiger partial charge on any atom is -0.432 e. The van der Waals surface area contributed by atoms with Gasteiger partial charge in [-0.2, -0.15) is 4.98 Å². The molecule has 17 heavy (non-hydrogen) atoms. The van der Waals surface area contributed by atoms with Gasteiger partial charge in [0.1, 0.15) is 6.26 Å². The summed E-state index contributed by atoms with van der Waals surface area (Å²) >= 11 is 1.70. The van der Waals surface area contributed by atoms with E-state index in [1.165, 1.54) is 4.90 Å². The van der Waals surface area contributed by atoms with Gasteiger partial charge >= 0.3 is 0 Å². The standard InChI is InChI=1S/C12H15N3OS/c1-17-11-4-2-3-9(7-11)14-12-15-10(5-6-13)8-16-12/h2-4,7-8H,5-6,13H2,1H3,(H,14,15). The van der Waals surface area contributed by atoms with Crippen molar-refractivity contribution in [1.29, 1.82) is 0 Å². The van der Waals surface area contributed by atoms with Gasteiger partial charge in [0.05, 0.1) is 5.69 Å². The first-order valence-corrected chi connectivity index (χ1v) is 6.60. The Morgan fingerprint density at radius 3 is 3.12 bits per heavy atom. The fourth-order valence-corrected chi connectivity index (χ4v) is 1.91. The number of rotatable bonds is 5. The van der Waals surface area contributed by atoms with Crippen LogP contribution in [0.4, 0.5) is 11.7 Å². The van der Waals surface area contributed by atoms with Gasteiger partial charge in [-0.1, -0.05) is 6.07 Å². The minimum absolute atomic E-state index is 0.506. The molecule has 0 atom stereocenters. The Kier molecular flexibility index (Phi) is 4.06. The molecule has 90 valence electrons. The van der Waals surface area contributed by atoms with Crippen molar-refractivity contribution in [3.63, 3.8) is 0 Å². The Morgan fingerprint density at radius 1 is 1.47 bits per heavy atom. The Morgan fingerprint density at radius 2 is 2.35 bits per heavy atom. The van der Waals surface area contributed by atoms with Gasteiger partial charge in [-0.15, -0.1) is 11.8 Å². The van der Waals surface area contributed by atoms with E-state index >= 15 is 0 Å². The van der Waals surface area contributed by atoms with E-state index < -0.39 is 0 Å². The molecule has 0 amide bonds. The van der Waals surface area contributed by atoms with Crippen LogP contribution >= 0.6 is 11.8 Å². The van der Waals surface area contributed by atoms with E-state index in [0.717, 1.165) is 17.8 Å². The summed E-state index contributed by atoms with van der Waals surface area (Å²) in [5.41, 5.74) is 7.30. The van der Waals surface area contributed by atoms with Gasteiger partial charge in [0.15, 0.2) is 0 Å². The third-order valence-corrected chi connectivity index (χ3v) is 3.00. The van der Waals surface area contributed by atoms with Crippen molar-refractivity contribution in [1.82, 2.24) is 4.98 Å². The van der Waals surface area contributed by atoms with Crippen molar-refractivity contribution in [2.45, 2.75) is 11.3 Å². The lowest BCUT2D eigenvalue weighted by Gasteiger charge is -2.02. The number of hydrogen-bond acceptors (Lipinski definition) is 5. The smallest absolute Gasteiger partial charge is 0.299 e. The molecule has 0 aliphatic rings. The maximum absolute atomic E-state index is 5.46. The van der Waals surface area contributed by atoms with Crippen molar-refractivity contribution in [2.24, 2.45) is 5.73 Å². The summed E-state index contributed by atoms with van der Waals surface area (Å²) < 4.78 is 5.31. The van der Waals surface area contributed by atoms with E-state index in [1.807, 2.05) is 18.4 Å². The highest BCUT2D eigenvalue weighted by molar-refractivity contribution is 7.98. The summed E-state index contributed by atoms with van der Waals surface area (Å²) in [5, 5.41) is 3.13. The van der Waals surface area contributed by atoms with E-state index in [0.29, 0.717) is 12.6 Å². The summed E-state index contributed by atoms with van der Waals surface area (Å²) in [4.78, 5) is 5.48. The quantitative estimate of drug-likeness (QED) is 0.797. The molecule has 0 aliphatic carbocycles. The van der Waals surface area contributed by atoms with E-state index in [9.17, 15) is 0 Å². The first-order chi connectivity index (χ1) is 8.31. The van der Waals surface area contributed by atoms with E-state index in [4.69, 9.17) is 10.2 Å². The lowest BCUT2D eigenvalue weighted by Crippen LogP contribution is -2.02. The van der Waals surface area contributed by atoms with Crippen molar-refractivity contribution in [3.05, 3.63) is 36.2 Å². The van der Waals surface area contributed by atoms with Crippen molar-refractivity contribution < 1.29 is 4.42 Å². The molecule has 0 spiro atoms. The molecular formula is C12H15N3OS. The highest BCUT2D eigenvalue weighted by Crippen LogP contribution is 2.22. The number of benzene rings is 1. The van der Waals surface area contributed by atoms with E-state index in [1.54, 1.807) is 18.0 Å². The number of aromatic nitrogens is 1. The van der Waals surface area contributed by atoms with Gasteiger partial charge < -0.3 is 15.5 Å². The van der Waals surface area contributed by atoms with Crippen LogP contribution in [0.2, 0.25) is 0 Å². The topological polar surface area (TPSA) is 64.1 Å². The molecule has 0 saturated carbocycles. The van der Waals surface area contributed by atoms with Crippen LogP contribution in [0.15, 0.2) is 39.8 Å². The molecule has 1 aromatic heterocycles. The first-order valence-electron chi connectivity index (χ1n) is 5.37. The number of anilines is 2. The number of nitrogens with two attached hydrogens (primary N) is 1. The number of thioether (sulfide) groups is 1. The molecule has 1 heterocycles. The SMILES string of the molecule is CSc1cccc(Nc2nc(CCN)co2)c1. The summed E-state index contributed by atoms with van der Waals surface area (Å²) in [6.07, 6.45) is 4.41. The Balaban J connectivity index is 2.08. The normalized spacial score (nSPS) is 10.5. The van der Waals surface area contributed by atoms with Crippen LogP contribution in [0.5, 0.6) is 0 Å². The van der Waals surface area contributed by atoms with Gasteiger partial charge in [0.25, 0.3) is 6.01 Å². The second-order valence-electron chi connectivity index (χ2n) is 3.54. The molecule has 5 heteroatoms. The molecule has 2 rings (SSSR count). The molecule has 0 radical (unpaired) electrons. The number of nitrogens with one attached hydrogen (secondary N) is 1. The van der Waals surface area contributed by atoms with Crippen LogP contribution in [0, 0.1) is 0 Å². The third kappa shape index (κ3) is 3.25. The molecular weight excluding hydrogens is 234 g/mol. The van der Waals surface area contributed by atoms with Gasteiger partial charge in [-0.05, 0) is 31.0 Å². The fraction of sp³-hybridized carbons (Fsp3) is 0.250. The zero-order valence-electron chi connectivity index (χ0n) is 9.64. The Bertz CT molecular complexity index is 484. The maximum atomic E-state index is 5.46. The van der Waals surface area contributed by atoms with Crippen molar-refractivity contribution >= 4 is 23.5 Å². The Labute approximate surface area is 105 Å². The second kappa shape index (κ2) is 5.75. The summed E-state index contributed by atoms with van der Waals surface area (Å²) in [6.45, 7) is 0.577. The largest absolute Gasteiger partial charge is 0.432 e. The molecule has 0 unspecified atom stereocenters. The van der Waals surface area contributed by atoms with E-state index in [-0.39, 0.29) is 0 Å². The molecule has 2 aromatic rings. The van der Waals surface area contributed by atoms with Crippen molar-refractivity contribution in [3.8, 4) is 0 Å². The predicted molar refractivity (Wildman–Crippen MR) is 70.8 cm³/mol. The highest BCUT2D eigenvalue weighted by Gasteiger charge is 2.03. The molecule has 0 saturated heterocycles. The van der Waals surface area contributed by atoms with Gasteiger partial charge in [0.2, 0.25) is 0 Å². The predicted octanol–water partition coefficient (Wildman–Crippen LogP) is 2.64. The van der Waals surface area contributed by atoms with Gasteiger partial charge in [-0.3, -0.25) is 0 Å². The van der Waals surface area contributed by atoms with Crippen LogP contribution in [-0.2, 0) is 6.42 Å². The maximum Gasteiger partial charge on any atom is 0.299 e. The van der Waals surface area contributed by atoms with Crippen LogP contribution in [-0.4, -0.2) is 17.8 Å². The average molecular weight is 249 g/mol. The first kappa shape index (κ1) is 12.0. The number of hydrogen-bond donors (Lipinski definition) is 2. The summed E-state index contributed by atoms with van der Waals surface area (Å²) in [5.74, 6) is 0. The highest BCUT2D eigenvalue weighted by atomic mass is 32.2. The molecule has 0 aliphatic heterocycles. The fourth-order valence-electron chi connectivity index (χ4n) is 1.45. The second-order valence-corrected chi connectivity index (χ2v) is 4.42. The average Bonchev–Trinajstić information content (AvgIpc) is 2.77. The van der Waals surface area contributed by atoms with E-state index in [2.05, 4.69) is 22.4 Å². The molecule has 0 bridgehead atoms. The number of nitrogens with zero attached hydrogens (tertiary/aromatic N) is 1. The van der Waals surface area contributed by atoms with Crippen LogP contribution in [0.25, 0.3) is 0 Å². The van der Waals surface area contributed by atoms with Gasteiger partial charge in [0, 0.05) is 17.0 Å². The lowest BCUT2D eigenvalue weighted by molar-refractivity contribution is 0.575. The molecule has 3 N–H and O–H groups in total. The Hall–Kier alpha value is -1.46. The molecule has 0 fully saturated rings. The number of oxazole rings is 1. The molecule has 1 aromatic carbocycles. The van der Waals surface area contributed by atoms with Crippen LogP contribution < -0.4 is 11.1 Å². The van der Waals surface area contributed by atoms with Crippen molar-refractivity contribution in [2.75, 3.05) is 18.1 Å². The minimum atomic E-state index is 0.506. The zero-order valence-corrected chi connectivity index (χ0v) is 10.5. The lowest BCUT2D eigenvalue weighted by atomic mass is 10.3. The van der Waals surface area contributed by atoms with Gasteiger partial charge in [-0.25, -0.2) is 0 Å².